The van der Waals surface area contributed by atoms with Gasteiger partial charge in [-0.25, -0.2) is 4.98 Å². The van der Waals surface area contributed by atoms with Crippen molar-refractivity contribution in [2.24, 2.45) is 0 Å². The number of Topliss-reactive ketones (excluding diaryl/α,β-unsaturated/α-hetero) is 1. The van der Waals surface area contributed by atoms with Crippen molar-refractivity contribution in [3.05, 3.63) is 39.3 Å². The maximum Gasteiger partial charge on any atom is 0.183 e. The van der Waals surface area contributed by atoms with Crippen molar-refractivity contribution in [3.8, 4) is 5.75 Å². The van der Waals surface area contributed by atoms with Crippen molar-refractivity contribution in [2.75, 3.05) is 5.32 Å². The number of hydrogen-bond acceptors (Lipinski definition) is 5. The number of benzene rings is 1. The number of phenols is 1. The van der Waals surface area contributed by atoms with E-state index in [-0.39, 0.29) is 11.5 Å². The minimum atomic E-state index is -0.169. The molecule has 0 saturated heterocycles. The number of para-hydroxylation sites is 1. The van der Waals surface area contributed by atoms with Gasteiger partial charge >= 0.3 is 0 Å². The van der Waals surface area contributed by atoms with E-state index in [0.717, 1.165) is 4.88 Å². The molecular formula is C12H11ClN2O2S. The maximum atomic E-state index is 11.3. The normalized spacial score (nSPS) is 10.3. The van der Waals surface area contributed by atoms with Crippen LogP contribution in [0.2, 0.25) is 4.47 Å². The van der Waals surface area contributed by atoms with Crippen molar-refractivity contribution in [2.45, 2.75) is 13.5 Å². The molecule has 2 rings (SSSR count). The fourth-order valence-electron chi connectivity index (χ4n) is 1.52. The summed E-state index contributed by atoms with van der Waals surface area (Å²) >= 11 is 7.09. The summed E-state index contributed by atoms with van der Waals surface area (Å²) in [7, 11) is 0. The first-order valence-corrected chi connectivity index (χ1v) is 6.44. The van der Waals surface area contributed by atoms with Gasteiger partial charge in [0.1, 0.15) is 5.75 Å². The van der Waals surface area contributed by atoms with Crippen LogP contribution >= 0.6 is 22.9 Å². The Bertz CT molecular complexity index is 583. The molecule has 0 radical (unpaired) electrons. The lowest BCUT2D eigenvalue weighted by Gasteiger charge is -2.09. The monoisotopic (exact) mass is 282 g/mol. The third-order valence-corrected chi connectivity index (χ3v) is 3.51. The van der Waals surface area contributed by atoms with Gasteiger partial charge < -0.3 is 10.4 Å². The molecule has 2 N–H and O–H groups in total. The van der Waals surface area contributed by atoms with E-state index in [9.17, 15) is 9.90 Å². The molecule has 0 aliphatic rings. The van der Waals surface area contributed by atoms with E-state index < -0.39 is 0 Å². The number of ketones is 1. The van der Waals surface area contributed by atoms with Gasteiger partial charge in [0.2, 0.25) is 0 Å². The number of nitrogens with one attached hydrogen (secondary N) is 1. The predicted octanol–water partition coefficient (Wildman–Crippen LogP) is 3.32. The average molecular weight is 283 g/mol. The average Bonchev–Trinajstić information content (AvgIpc) is 2.73. The Balaban J connectivity index is 2.14. The molecule has 0 bridgehead atoms. The van der Waals surface area contributed by atoms with Crippen LogP contribution in [0, 0.1) is 0 Å². The van der Waals surface area contributed by atoms with Crippen molar-refractivity contribution < 1.29 is 9.90 Å². The number of aromatic nitrogens is 1. The highest BCUT2D eigenvalue weighted by molar-refractivity contribution is 7.15. The molecule has 1 heterocycles. The molecular weight excluding hydrogens is 272 g/mol. The standard InChI is InChI=1S/C12H11ClN2O2S/c1-7(16)9-3-2-4-10(11(9)17)14-5-8-6-15-12(13)18-8/h2-4,6,14,17H,5H2,1H3. The summed E-state index contributed by atoms with van der Waals surface area (Å²) < 4.78 is 0.480. The quantitative estimate of drug-likeness (QED) is 0.667. The van der Waals surface area contributed by atoms with Crippen molar-refractivity contribution >= 4 is 34.4 Å². The summed E-state index contributed by atoms with van der Waals surface area (Å²) in [5, 5.41) is 13.0. The molecule has 0 atom stereocenters. The third kappa shape index (κ3) is 2.80. The summed E-state index contributed by atoms with van der Waals surface area (Å²) in [6.45, 7) is 1.92. The first-order valence-electron chi connectivity index (χ1n) is 5.25. The smallest absolute Gasteiger partial charge is 0.183 e. The fraction of sp³-hybridized carbons (Fsp3) is 0.167. The third-order valence-electron chi connectivity index (χ3n) is 2.39. The second-order valence-corrected chi connectivity index (χ2v) is 5.39. The Hall–Kier alpha value is -1.59. The number of carbonyl (C=O) groups is 1. The number of carbonyl (C=O) groups excluding carboxylic acids is 1. The Kier molecular flexibility index (Phi) is 3.84. The number of halogens is 1. The van der Waals surface area contributed by atoms with Gasteiger partial charge in [-0.1, -0.05) is 17.7 Å². The van der Waals surface area contributed by atoms with Crippen LogP contribution in [0.25, 0.3) is 0 Å². The lowest BCUT2D eigenvalue weighted by atomic mass is 10.1. The minimum absolute atomic E-state index is 0.0272. The van der Waals surface area contributed by atoms with Crippen molar-refractivity contribution in [1.82, 2.24) is 4.98 Å². The number of thiazole rings is 1. The molecule has 2 aromatic rings. The van der Waals surface area contributed by atoms with Gasteiger partial charge in [-0.2, -0.15) is 0 Å². The number of nitrogens with zero attached hydrogens (tertiary/aromatic N) is 1. The van der Waals surface area contributed by atoms with Gasteiger partial charge in [0.15, 0.2) is 10.3 Å². The van der Waals surface area contributed by atoms with E-state index in [1.54, 1.807) is 24.4 Å². The van der Waals surface area contributed by atoms with Crippen LogP contribution < -0.4 is 5.32 Å². The number of anilines is 1. The molecule has 1 aromatic carbocycles. The van der Waals surface area contributed by atoms with Gasteiger partial charge in [-0.15, -0.1) is 11.3 Å². The zero-order valence-corrected chi connectivity index (χ0v) is 11.2. The SMILES string of the molecule is CC(=O)c1cccc(NCc2cnc(Cl)s2)c1O. The Morgan fingerprint density at radius 1 is 1.56 bits per heavy atom. The second-order valence-electron chi connectivity index (χ2n) is 3.69. The van der Waals surface area contributed by atoms with E-state index in [4.69, 9.17) is 11.6 Å². The maximum absolute atomic E-state index is 11.3. The summed E-state index contributed by atoms with van der Waals surface area (Å²) in [5.74, 6) is -0.197. The zero-order chi connectivity index (χ0) is 13.1. The molecule has 0 fully saturated rings. The van der Waals surface area contributed by atoms with E-state index in [2.05, 4.69) is 10.3 Å². The minimum Gasteiger partial charge on any atom is -0.505 e. The van der Waals surface area contributed by atoms with E-state index in [1.165, 1.54) is 18.3 Å². The lowest BCUT2D eigenvalue weighted by molar-refractivity contribution is 0.101. The number of phenolic OH excluding ortho intramolecular Hbond substituents is 1. The molecule has 0 unspecified atom stereocenters. The molecule has 6 heteroatoms. The van der Waals surface area contributed by atoms with Crippen LogP contribution in [0.4, 0.5) is 5.69 Å². The van der Waals surface area contributed by atoms with Crippen LogP contribution in [0.5, 0.6) is 5.75 Å². The summed E-state index contributed by atoms with van der Waals surface area (Å²) in [5.41, 5.74) is 0.828. The van der Waals surface area contributed by atoms with Crippen LogP contribution in [-0.4, -0.2) is 15.9 Å². The molecule has 0 aliphatic heterocycles. The Morgan fingerprint density at radius 2 is 2.33 bits per heavy atom. The highest BCUT2D eigenvalue weighted by atomic mass is 35.5. The Morgan fingerprint density at radius 3 is 2.94 bits per heavy atom. The molecule has 0 saturated carbocycles. The molecule has 0 aliphatic carbocycles. The van der Waals surface area contributed by atoms with Gasteiger partial charge in [-0.3, -0.25) is 4.79 Å². The van der Waals surface area contributed by atoms with Crippen LogP contribution in [0.3, 0.4) is 0 Å². The highest BCUT2D eigenvalue weighted by Gasteiger charge is 2.10. The number of rotatable bonds is 4. The van der Waals surface area contributed by atoms with E-state index >= 15 is 0 Å². The van der Waals surface area contributed by atoms with Crippen LogP contribution in [0.15, 0.2) is 24.4 Å². The zero-order valence-electron chi connectivity index (χ0n) is 9.61. The highest BCUT2D eigenvalue weighted by Crippen LogP contribution is 2.28. The fourth-order valence-corrected chi connectivity index (χ4v) is 2.44. The van der Waals surface area contributed by atoms with Crippen molar-refractivity contribution in [3.63, 3.8) is 0 Å². The van der Waals surface area contributed by atoms with Gasteiger partial charge in [0, 0.05) is 11.1 Å². The molecule has 18 heavy (non-hydrogen) atoms. The van der Waals surface area contributed by atoms with Gasteiger partial charge in [0.05, 0.1) is 17.8 Å². The van der Waals surface area contributed by atoms with Gasteiger partial charge in [-0.05, 0) is 19.1 Å². The molecule has 4 nitrogen and oxygen atoms in total. The second kappa shape index (κ2) is 5.37. The van der Waals surface area contributed by atoms with Gasteiger partial charge in [0.25, 0.3) is 0 Å². The first kappa shape index (κ1) is 12.9. The van der Waals surface area contributed by atoms with Crippen LogP contribution in [-0.2, 0) is 6.54 Å². The topological polar surface area (TPSA) is 62.2 Å². The van der Waals surface area contributed by atoms with E-state index in [1.807, 2.05) is 0 Å². The largest absolute Gasteiger partial charge is 0.505 e. The Labute approximate surface area is 113 Å². The molecule has 94 valence electrons. The van der Waals surface area contributed by atoms with Crippen molar-refractivity contribution in [1.29, 1.82) is 0 Å². The number of hydrogen-bond donors (Lipinski definition) is 2. The number of aromatic hydroxyl groups is 1. The summed E-state index contributed by atoms with van der Waals surface area (Å²) in [4.78, 5) is 16.2. The predicted molar refractivity (Wildman–Crippen MR) is 72.6 cm³/mol. The van der Waals surface area contributed by atoms with Crippen LogP contribution in [0.1, 0.15) is 22.2 Å². The molecule has 1 aromatic heterocycles. The summed E-state index contributed by atoms with van der Waals surface area (Å²) in [6, 6.07) is 5.02. The summed E-state index contributed by atoms with van der Waals surface area (Å²) in [6.07, 6.45) is 1.67. The lowest BCUT2D eigenvalue weighted by Crippen LogP contribution is -2.00. The molecule has 0 spiro atoms. The molecule has 0 amide bonds. The van der Waals surface area contributed by atoms with E-state index in [0.29, 0.717) is 22.3 Å². The first-order chi connectivity index (χ1) is 8.58.